The summed E-state index contributed by atoms with van der Waals surface area (Å²) in [4.78, 5) is 11.7. The number of amidine groups is 1. The molecule has 1 fully saturated rings. The highest BCUT2D eigenvalue weighted by Crippen LogP contribution is 2.27. The fraction of sp³-hybridized carbons (Fsp3) is 0.296. The molecular formula is C27H27N7. The van der Waals surface area contributed by atoms with Gasteiger partial charge in [0.2, 0.25) is 0 Å². The maximum atomic E-state index is 4.76. The van der Waals surface area contributed by atoms with E-state index in [1.54, 1.807) is 0 Å². The molecule has 0 spiro atoms. The Morgan fingerprint density at radius 1 is 0.824 bits per heavy atom. The lowest BCUT2D eigenvalue weighted by Gasteiger charge is -2.26. The van der Waals surface area contributed by atoms with Crippen LogP contribution in [0.25, 0.3) is 27.9 Å². The van der Waals surface area contributed by atoms with Crippen LogP contribution in [-0.2, 0) is 6.42 Å². The minimum atomic E-state index is 0.403. The maximum absolute atomic E-state index is 4.76. The van der Waals surface area contributed by atoms with E-state index in [1.807, 2.05) is 35.2 Å². The molecule has 6 rings (SSSR count). The van der Waals surface area contributed by atoms with Gasteiger partial charge in [-0.1, -0.05) is 48.9 Å². The van der Waals surface area contributed by atoms with Crippen molar-refractivity contribution in [2.24, 2.45) is 15.2 Å². The molecule has 0 saturated carbocycles. The van der Waals surface area contributed by atoms with Gasteiger partial charge in [0.1, 0.15) is 0 Å². The number of azo groups is 1. The normalized spacial score (nSPS) is 16.3. The Bertz CT molecular complexity index is 1360. The second-order valence-electron chi connectivity index (χ2n) is 8.96. The lowest BCUT2D eigenvalue weighted by molar-refractivity contribution is 0.231. The van der Waals surface area contributed by atoms with Crippen LogP contribution in [0.15, 0.2) is 82.3 Å². The smallest absolute Gasteiger partial charge is 0.178 e. The van der Waals surface area contributed by atoms with E-state index in [0.29, 0.717) is 12.5 Å². The van der Waals surface area contributed by atoms with Crippen LogP contribution in [0.4, 0.5) is 0 Å². The maximum Gasteiger partial charge on any atom is 0.178 e. The number of likely N-dealkylation sites (tertiary alicyclic amines) is 1. The Hall–Kier alpha value is -3.71. The lowest BCUT2D eigenvalue weighted by atomic mass is 10.0. The summed E-state index contributed by atoms with van der Waals surface area (Å²) in [6.07, 6.45) is 11.0. The molecule has 2 aromatic heterocycles. The summed E-state index contributed by atoms with van der Waals surface area (Å²) in [7, 11) is 0. The third kappa shape index (κ3) is 4.26. The molecule has 0 unspecified atom stereocenters. The van der Waals surface area contributed by atoms with Gasteiger partial charge in [-0.15, -0.1) is 5.11 Å². The van der Waals surface area contributed by atoms with Gasteiger partial charge in [-0.05, 0) is 55.1 Å². The third-order valence-corrected chi connectivity index (χ3v) is 6.69. The summed E-state index contributed by atoms with van der Waals surface area (Å²) in [5, 5.41) is 12.6. The van der Waals surface area contributed by atoms with E-state index in [1.165, 1.54) is 37.9 Å². The molecule has 34 heavy (non-hydrogen) atoms. The van der Waals surface area contributed by atoms with E-state index < -0.39 is 0 Å². The molecule has 1 saturated heterocycles. The zero-order chi connectivity index (χ0) is 22.7. The molecule has 4 aromatic rings. The summed E-state index contributed by atoms with van der Waals surface area (Å²) >= 11 is 0. The third-order valence-electron chi connectivity index (χ3n) is 6.69. The predicted octanol–water partition coefficient (Wildman–Crippen LogP) is 5.26. The number of aromatic nitrogens is 3. The number of piperidine rings is 1. The minimum absolute atomic E-state index is 0.403. The van der Waals surface area contributed by atoms with Gasteiger partial charge in [0.05, 0.1) is 6.20 Å². The molecule has 7 nitrogen and oxygen atoms in total. The van der Waals surface area contributed by atoms with Gasteiger partial charge < -0.3 is 4.90 Å². The van der Waals surface area contributed by atoms with E-state index in [9.17, 15) is 0 Å². The Kier molecular flexibility index (Phi) is 5.69. The van der Waals surface area contributed by atoms with Crippen molar-refractivity contribution in [3.63, 3.8) is 0 Å². The van der Waals surface area contributed by atoms with Crippen molar-refractivity contribution < 1.29 is 0 Å². The fourth-order valence-corrected chi connectivity index (χ4v) is 4.77. The van der Waals surface area contributed by atoms with Crippen LogP contribution in [0, 0.1) is 0 Å². The van der Waals surface area contributed by atoms with Crippen molar-refractivity contribution >= 4 is 11.5 Å². The van der Waals surface area contributed by atoms with Gasteiger partial charge in [0.25, 0.3) is 0 Å². The molecule has 0 N–H and O–H groups in total. The van der Waals surface area contributed by atoms with Crippen molar-refractivity contribution in [2.75, 3.05) is 26.3 Å². The number of hydrogen-bond acceptors (Lipinski definition) is 6. The summed E-state index contributed by atoms with van der Waals surface area (Å²) < 4.78 is 1.86. The molecule has 2 aliphatic heterocycles. The monoisotopic (exact) mass is 449 g/mol. The molecule has 0 atom stereocenters. The summed E-state index contributed by atoms with van der Waals surface area (Å²) in [6.45, 7) is 4.06. The van der Waals surface area contributed by atoms with Crippen LogP contribution >= 0.6 is 0 Å². The van der Waals surface area contributed by atoms with Crippen molar-refractivity contribution in [3.05, 3.63) is 78.2 Å². The summed E-state index contributed by atoms with van der Waals surface area (Å²) in [5.74, 6) is 0.674. The van der Waals surface area contributed by atoms with E-state index in [0.717, 1.165) is 46.4 Å². The van der Waals surface area contributed by atoms with Crippen LogP contribution in [0.2, 0.25) is 0 Å². The van der Waals surface area contributed by atoms with E-state index >= 15 is 0 Å². The lowest BCUT2D eigenvalue weighted by Crippen LogP contribution is -2.31. The zero-order valence-corrected chi connectivity index (χ0v) is 19.1. The highest BCUT2D eigenvalue weighted by molar-refractivity contribution is 6.01. The zero-order valence-electron chi connectivity index (χ0n) is 19.1. The Morgan fingerprint density at radius 3 is 2.50 bits per heavy atom. The molecule has 2 aromatic carbocycles. The van der Waals surface area contributed by atoms with Gasteiger partial charge >= 0.3 is 0 Å². The highest BCUT2D eigenvalue weighted by Gasteiger charge is 2.13. The largest absolute Gasteiger partial charge is 0.303 e. The number of rotatable bonds is 6. The minimum Gasteiger partial charge on any atom is -0.303 e. The number of nitrogens with zero attached hydrogens (tertiary/aromatic N) is 7. The van der Waals surface area contributed by atoms with Crippen molar-refractivity contribution in [2.45, 2.75) is 25.7 Å². The fourth-order valence-electron chi connectivity index (χ4n) is 4.77. The van der Waals surface area contributed by atoms with Crippen LogP contribution in [0.1, 0.15) is 30.4 Å². The summed E-state index contributed by atoms with van der Waals surface area (Å²) in [6, 6.07) is 17.0. The average Bonchev–Trinajstić information content (AvgIpc) is 3.59. The van der Waals surface area contributed by atoms with Gasteiger partial charge in [0, 0.05) is 35.6 Å². The SMILES string of the molecule is c1cc(C2=NCN=N2)cc(-c2cnn3cc(-c4ccc(CCN5CCCCC5)cc4)cnc23)c1. The molecule has 2 aliphatic rings. The van der Waals surface area contributed by atoms with Crippen molar-refractivity contribution in [1.29, 1.82) is 0 Å². The van der Waals surface area contributed by atoms with Crippen LogP contribution < -0.4 is 0 Å². The molecule has 170 valence electrons. The van der Waals surface area contributed by atoms with Crippen LogP contribution in [-0.4, -0.2) is 51.6 Å². The van der Waals surface area contributed by atoms with Crippen molar-refractivity contribution in [1.82, 2.24) is 19.5 Å². The second-order valence-corrected chi connectivity index (χ2v) is 8.96. The second kappa shape index (κ2) is 9.27. The van der Waals surface area contributed by atoms with Crippen LogP contribution in [0.3, 0.4) is 0 Å². The van der Waals surface area contributed by atoms with Gasteiger partial charge in [-0.25, -0.2) is 14.5 Å². The quantitative estimate of drug-likeness (QED) is 0.403. The molecule has 0 bridgehead atoms. The Morgan fingerprint density at radius 2 is 1.68 bits per heavy atom. The Balaban J connectivity index is 1.21. The number of benzene rings is 2. The first-order valence-corrected chi connectivity index (χ1v) is 12.0. The number of aliphatic imine (C=N–C) groups is 1. The average molecular weight is 450 g/mol. The molecule has 0 amide bonds. The number of hydrogen-bond donors (Lipinski definition) is 0. The first-order valence-electron chi connectivity index (χ1n) is 12.0. The molecular weight excluding hydrogens is 422 g/mol. The van der Waals surface area contributed by atoms with E-state index in [2.05, 4.69) is 61.6 Å². The first-order chi connectivity index (χ1) is 16.8. The molecule has 7 heteroatoms. The van der Waals surface area contributed by atoms with Gasteiger partial charge in [-0.3, -0.25) is 0 Å². The highest BCUT2D eigenvalue weighted by atomic mass is 15.3. The molecule has 0 radical (unpaired) electrons. The number of fused-ring (bicyclic) bond motifs is 1. The van der Waals surface area contributed by atoms with Crippen molar-refractivity contribution in [3.8, 4) is 22.3 Å². The molecule has 4 heterocycles. The van der Waals surface area contributed by atoms with E-state index in [4.69, 9.17) is 4.98 Å². The predicted molar refractivity (Wildman–Crippen MR) is 134 cm³/mol. The van der Waals surface area contributed by atoms with E-state index in [-0.39, 0.29) is 0 Å². The van der Waals surface area contributed by atoms with Crippen LogP contribution in [0.5, 0.6) is 0 Å². The van der Waals surface area contributed by atoms with Gasteiger partial charge in [0.15, 0.2) is 18.2 Å². The first kappa shape index (κ1) is 20.9. The standard InChI is InChI=1S/C27H27N7/c1-2-12-33(13-3-1)14-11-20-7-9-21(10-8-20)24-16-28-27-25(17-31-34(27)18-24)22-5-4-6-23(15-22)26-29-19-30-32-26/h4-10,15-18H,1-3,11-14,19H2. The summed E-state index contributed by atoms with van der Waals surface area (Å²) in [5.41, 5.74) is 7.40. The van der Waals surface area contributed by atoms with Gasteiger partial charge in [-0.2, -0.15) is 10.2 Å². The Labute approximate surface area is 198 Å². The molecule has 0 aliphatic carbocycles. The topological polar surface area (TPSA) is 70.5 Å².